The highest BCUT2D eigenvalue weighted by molar-refractivity contribution is 5.30. The number of rotatable bonds is 6. The first-order valence-corrected chi connectivity index (χ1v) is 10.5. The smallest absolute Gasteiger partial charge is 0.411 e. The second-order valence-electron chi connectivity index (χ2n) is 8.29. The van der Waals surface area contributed by atoms with Crippen LogP contribution in [0.2, 0.25) is 0 Å². The molecule has 3 atom stereocenters. The van der Waals surface area contributed by atoms with Gasteiger partial charge in [0.05, 0.1) is 6.61 Å². The highest BCUT2D eigenvalue weighted by Gasteiger charge is 2.48. The van der Waals surface area contributed by atoms with E-state index in [-0.39, 0.29) is 24.3 Å². The number of halogens is 3. The van der Waals surface area contributed by atoms with Crippen LogP contribution in [0.25, 0.3) is 0 Å². The van der Waals surface area contributed by atoms with Crippen LogP contribution < -0.4 is 10.1 Å². The van der Waals surface area contributed by atoms with Crippen molar-refractivity contribution in [3.05, 3.63) is 36.2 Å². The lowest BCUT2D eigenvalue weighted by Crippen LogP contribution is -2.48. The summed E-state index contributed by atoms with van der Waals surface area (Å²) in [5, 5.41) is 6.98. The Morgan fingerprint density at radius 3 is 2.97 bits per heavy atom. The molecular weight excluding hydrogens is 395 g/mol. The Hall–Kier alpha value is -2.29. The molecule has 2 aliphatic rings. The van der Waals surface area contributed by atoms with Crippen LogP contribution >= 0.6 is 0 Å². The van der Waals surface area contributed by atoms with Gasteiger partial charge in [0.15, 0.2) is 6.04 Å². The first kappa shape index (κ1) is 21.0. The summed E-state index contributed by atoms with van der Waals surface area (Å²) < 4.78 is 47.4. The number of benzene rings is 1. The van der Waals surface area contributed by atoms with E-state index in [9.17, 15) is 13.2 Å². The van der Waals surface area contributed by atoms with Crippen molar-refractivity contribution < 1.29 is 17.9 Å². The van der Waals surface area contributed by atoms with Crippen molar-refractivity contribution in [2.24, 2.45) is 5.92 Å². The predicted octanol–water partition coefficient (Wildman–Crippen LogP) is 4.06. The lowest BCUT2D eigenvalue weighted by Gasteiger charge is -2.41. The van der Waals surface area contributed by atoms with E-state index in [0.29, 0.717) is 6.61 Å². The van der Waals surface area contributed by atoms with E-state index in [2.05, 4.69) is 20.3 Å². The second kappa shape index (κ2) is 8.83. The molecule has 2 aromatic rings. The van der Waals surface area contributed by atoms with Crippen molar-refractivity contribution in [3.63, 3.8) is 0 Å². The first-order chi connectivity index (χ1) is 14.4. The van der Waals surface area contributed by atoms with E-state index in [1.165, 1.54) is 11.9 Å². The third-order valence-electron chi connectivity index (χ3n) is 6.03. The Balaban J connectivity index is 1.29. The topological polar surface area (TPSA) is 55.2 Å². The Morgan fingerprint density at radius 1 is 1.30 bits per heavy atom. The predicted molar refractivity (Wildman–Crippen MR) is 108 cm³/mol. The number of likely N-dealkylation sites (tertiary alicyclic amines) is 1. The molecule has 164 valence electrons. The minimum atomic E-state index is -4.33. The summed E-state index contributed by atoms with van der Waals surface area (Å²) in [5.41, 5.74) is 1.17. The minimum Gasteiger partial charge on any atom is -0.494 e. The van der Waals surface area contributed by atoms with Crippen molar-refractivity contribution >= 4 is 5.95 Å². The lowest BCUT2D eigenvalue weighted by molar-refractivity contribution is -0.174. The molecule has 1 saturated heterocycles. The monoisotopic (exact) mass is 423 g/mol. The molecule has 1 aromatic heterocycles. The van der Waals surface area contributed by atoms with Crippen LogP contribution in [0.1, 0.15) is 37.3 Å². The molecule has 1 aromatic carbocycles. The number of ether oxygens (including phenoxy) is 1. The molecule has 0 amide bonds. The highest BCUT2D eigenvalue weighted by atomic mass is 19.4. The molecule has 0 radical (unpaired) electrons. The van der Waals surface area contributed by atoms with Crippen LogP contribution in [0.3, 0.4) is 0 Å². The second-order valence-corrected chi connectivity index (χ2v) is 8.29. The number of aryl methyl sites for hydroxylation is 1. The molecule has 4 rings (SSSR count). The van der Waals surface area contributed by atoms with Gasteiger partial charge >= 0.3 is 6.18 Å². The first-order valence-electron chi connectivity index (χ1n) is 10.5. The average molecular weight is 423 g/mol. The molecule has 1 unspecified atom stereocenters. The van der Waals surface area contributed by atoms with E-state index in [4.69, 9.17) is 4.74 Å². The van der Waals surface area contributed by atoms with Crippen LogP contribution in [0.15, 0.2) is 30.6 Å². The van der Waals surface area contributed by atoms with Crippen molar-refractivity contribution in [1.29, 1.82) is 0 Å². The van der Waals surface area contributed by atoms with Gasteiger partial charge in [-0.25, -0.2) is 4.68 Å². The molecule has 3 heterocycles. The number of nitrogens with one attached hydrogen (secondary N) is 1. The number of nitrogens with zero attached hydrogens (tertiary/aromatic N) is 4. The van der Waals surface area contributed by atoms with Crippen LogP contribution in [0.4, 0.5) is 19.1 Å². The number of aromatic nitrogens is 3. The SMILES string of the molecule is Cc1cccc(OCCCN2CCCC([C@@H]3C[C@H](C(F)(F)F)n4ncnc4N3)C2)c1. The van der Waals surface area contributed by atoms with E-state index < -0.39 is 12.2 Å². The third kappa shape index (κ3) is 4.88. The number of piperidine rings is 1. The molecule has 30 heavy (non-hydrogen) atoms. The molecule has 6 nitrogen and oxygen atoms in total. The number of hydrogen-bond donors (Lipinski definition) is 1. The molecule has 1 fully saturated rings. The number of hydrogen-bond acceptors (Lipinski definition) is 5. The standard InChI is InChI=1S/C21H28F3N5O/c1-15-5-2-7-17(11-15)30-10-4-9-28-8-3-6-16(13-28)18-12-19(21(22,23)24)29-20(27-18)25-14-26-29/h2,5,7,11,14,16,18-19H,3-4,6,8-10,12-13H2,1H3,(H,25,26,27)/t16?,18-,19+/m0/s1. The normalized spacial score (nSPS) is 24.9. The van der Waals surface area contributed by atoms with Crippen LogP contribution in [-0.4, -0.2) is 58.1 Å². The molecule has 0 aliphatic carbocycles. The van der Waals surface area contributed by atoms with Gasteiger partial charge in [-0.05, 0) is 62.8 Å². The molecular formula is C21H28F3N5O. The van der Waals surface area contributed by atoms with Crippen LogP contribution in [0.5, 0.6) is 5.75 Å². The lowest BCUT2D eigenvalue weighted by atomic mass is 9.86. The number of fused-ring (bicyclic) bond motifs is 1. The highest BCUT2D eigenvalue weighted by Crippen LogP contribution is 2.40. The fraction of sp³-hybridized carbons (Fsp3) is 0.619. The van der Waals surface area contributed by atoms with Crippen LogP contribution in [0, 0.1) is 12.8 Å². The fourth-order valence-electron chi connectivity index (χ4n) is 4.54. The quantitative estimate of drug-likeness (QED) is 0.711. The van der Waals surface area contributed by atoms with E-state index in [0.717, 1.165) is 49.3 Å². The minimum absolute atomic E-state index is 0.00512. The van der Waals surface area contributed by atoms with Gasteiger partial charge in [-0.1, -0.05) is 12.1 Å². The Morgan fingerprint density at radius 2 is 2.17 bits per heavy atom. The van der Waals surface area contributed by atoms with Gasteiger partial charge in [0, 0.05) is 19.1 Å². The molecule has 0 bridgehead atoms. The Labute approximate surface area is 174 Å². The summed E-state index contributed by atoms with van der Waals surface area (Å²) in [5.74, 6) is 1.25. The summed E-state index contributed by atoms with van der Waals surface area (Å²) in [6.45, 7) is 5.32. The maximum atomic E-state index is 13.5. The van der Waals surface area contributed by atoms with Crippen molar-refractivity contribution in [2.45, 2.75) is 50.9 Å². The van der Waals surface area contributed by atoms with Gasteiger partial charge in [0.25, 0.3) is 0 Å². The maximum absolute atomic E-state index is 13.5. The number of alkyl halides is 3. The van der Waals surface area contributed by atoms with Gasteiger partial charge in [-0.3, -0.25) is 0 Å². The number of anilines is 1. The van der Waals surface area contributed by atoms with Gasteiger partial charge < -0.3 is 15.0 Å². The summed E-state index contributed by atoms with van der Waals surface area (Å²) >= 11 is 0. The largest absolute Gasteiger partial charge is 0.494 e. The summed E-state index contributed by atoms with van der Waals surface area (Å²) in [6.07, 6.45) is -0.347. The zero-order valence-corrected chi connectivity index (χ0v) is 17.1. The molecule has 9 heteroatoms. The molecule has 1 N–H and O–H groups in total. The Kier molecular flexibility index (Phi) is 6.17. The Bertz CT molecular complexity index is 840. The fourth-order valence-corrected chi connectivity index (χ4v) is 4.54. The molecule has 2 aliphatic heterocycles. The van der Waals surface area contributed by atoms with Crippen LogP contribution in [-0.2, 0) is 0 Å². The molecule has 0 saturated carbocycles. The summed E-state index contributed by atoms with van der Waals surface area (Å²) in [6, 6.07) is 6.12. The average Bonchev–Trinajstić information content (AvgIpc) is 3.19. The zero-order chi connectivity index (χ0) is 21.1. The zero-order valence-electron chi connectivity index (χ0n) is 17.1. The van der Waals surface area contributed by atoms with Gasteiger partial charge in [0.1, 0.15) is 12.1 Å². The van der Waals surface area contributed by atoms with Gasteiger partial charge in [0.2, 0.25) is 5.95 Å². The van der Waals surface area contributed by atoms with Crippen molar-refractivity contribution in [2.75, 3.05) is 31.6 Å². The maximum Gasteiger partial charge on any atom is 0.411 e. The third-order valence-corrected chi connectivity index (χ3v) is 6.03. The van der Waals surface area contributed by atoms with Crippen molar-refractivity contribution in [1.82, 2.24) is 19.7 Å². The molecule has 0 spiro atoms. The summed E-state index contributed by atoms with van der Waals surface area (Å²) in [4.78, 5) is 6.34. The van der Waals surface area contributed by atoms with Crippen molar-refractivity contribution in [3.8, 4) is 5.75 Å². The van der Waals surface area contributed by atoms with E-state index in [1.807, 2.05) is 31.2 Å². The van der Waals surface area contributed by atoms with E-state index >= 15 is 0 Å². The van der Waals surface area contributed by atoms with Gasteiger partial charge in [-0.2, -0.15) is 23.3 Å². The van der Waals surface area contributed by atoms with Gasteiger partial charge in [-0.15, -0.1) is 0 Å². The summed E-state index contributed by atoms with van der Waals surface area (Å²) in [7, 11) is 0. The van der Waals surface area contributed by atoms with E-state index in [1.54, 1.807) is 0 Å².